The molecule has 3 rings (SSSR count). The summed E-state index contributed by atoms with van der Waals surface area (Å²) in [6.07, 6.45) is 2.55. The quantitative estimate of drug-likeness (QED) is 0.836. The minimum Gasteiger partial charge on any atom is -0.388 e. The number of carbonyl (C=O) groups is 2. The fourth-order valence-electron chi connectivity index (χ4n) is 2.83. The zero-order chi connectivity index (χ0) is 13.5. The van der Waals surface area contributed by atoms with E-state index in [2.05, 4.69) is 0 Å². The predicted molar refractivity (Wildman–Crippen MR) is 69.3 cm³/mol. The Balaban J connectivity index is 1.78. The molecule has 1 saturated heterocycles. The van der Waals surface area contributed by atoms with Crippen molar-refractivity contribution in [1.82, 2.24) is 4.90 Å². The molecule has 1 unspecified atom stereocenters. The number of rotatable bonds is 3. The molecule has 2 amide bonds. The van der Waals surface area contributed by atoms with Crippen molar-refractivity contribution in [3.05, 3.63) is 35.9 Å². The van der Waals surface area contributed by atoms with Gasteiger partial charge in [-0.15, -0.1) is 0 Å². The second kappa shape index (κ2) is 4.46. The van der Waals surface area contributed by atoms with Crippen LogP contribution in [0.1, 0.15) is 37.2 Å². The van der Waals surface area contributed by atoms with Crippen LogP contribution in [0.3, 0.4) is 0 Å². The van der Waals surface area contributed by atoms with Crippen molar-refractivity contribution in [1.29, 1.82) is 0 Å². The Morgan fingerprint density at radius 2 is 1.89 bits per heavy atom. The molecule has 0 spiro atoms. The average molecular weight is 259 g/mol. The summed E-state index contributed by atoms with van der Waals surface area (Å²) in [6, 6.07) is 9.37. The van der Waals surface area contributed by atoms with Crippen LogP contribution in [-0.4, -0.2) is 34.0 Å². The maximum atomic E-state index is 12.3. The Morgan fingerprint density at radius 3 is 2.47 bits per heavy atom. The molecule has 4 heteroatoms. The number of imide groups is 1. The van der Waals surface area contributed by atoms with E-state index in [0.29, 0.717) is 12.8 Å². The van der Waals surface area contributed by atoms with Crippen LogP contribution in [0, 0.1) is 0 Å². The highest BCUT2D eigenvalue weighted by Crippen LogP contribution is 2.36. The molecule has 0 bridgehead atoms. The van der Waals surface area contributed by atoms with E-state index < -0.39 is 5.60 Å². The van der Waals surface area contributed by atoms with Gasteiger partial charge in [-0.05, 0) is 24.8 Å². The van der Waals surface area contributed by atoms with Gasteiger partial charge in [-0.25, -0.2) is 0 Å². The fourth-order valence-corrected chi connectivity index (χ4v) is 2.83. The van der Waals surface area contributed by atoms with E-state index in [4.69, 9.17) is 0 Å². The first-order chi connectivity index (χ1) is 9.09. The number of likely N-dealkylation sites (tertiary alicyclic amines) is 1. The summed E-state index contributed by atoms with van der Waals surface area (Å²) in [6.45, 7) is 0.161. The third-order valence-electron chi connectivity index (χ3n) is 4.18. The van der Waals surface area contributed by atoms with E-state index in [1.165, 1.54) is 4.90 Å². The summed E-state index contributed by atoms with van der Waals surface area (Å²) in [5, 5.41) is 10.1. The van der Waals surface area contributed by atoms with Gasteiger partial charge in [0.05, 0.1) is 18.1 Å². The van der Waals surface area contributed by atoms with Crippen LogP contribution in [-0.2, 0) is 9.59 Å². The first kappa shape index (κ1) is 12.4. The minimum absolute atomic E-state index is 0.161. The maximum absolute atomic E-state index is 12.3. The molecule has 1 aliphatic carbocycles. The number of hydrogen-bond acceptors (Lipinski definition) is 3. The van der Waals surface area contributed by atoms with E-state index in [0.717, 1.165) is 12.0 Å². The number of β-amino-alcohol motifs (C(OH)–C–C–N with tert-alkyl or cyclic N) is 1. The average Bonchev–Trinajstić information content (AvgIpc) is 2.66. The predicted octanol–water partition coefficient (Wildman–Crippen LogP) is 1.44. The smallest absolute Gasteiger partial charge is 0.237 e. The fraction of sp³-hybridized carbons (Fsp3) is 0.467. The van der Waals surface area contributed by atoms with Crippen LogP contribution in [0.2, 0.25) is 0 Å². The van der Waals surface area contributed by atoms with E-state index in [1.807, 2.05) is 30.3 Å². The van der Waals surface area contributed by atoms with E-state index in [1.54, 1.807) is 0 Å². The topological polar surface area (TPSA) is 57.6 Å². The first-order valence-corrected chi connectivity index (χ1v) is 6.71. The van der Waals surface area contributed by atoms with Crippen molar-refractivity contribution in [3.63, 3.8) is 0 Å². The Hall–Kier alpha value is -1.68. The van der Waals surface area contributed by atoms with E-state index >= 15 is 0 Å². The van der Waals surface area contributed by atoms with E-state index in [9.17, 15) is 14.7 Å². The van der Waals surface area contributed by atoms with E-state index in [-0.39, 0.29) is 30.7 Å². The zero-order valence-corrected chi connectivity index (χ0v) is 10.7. The van der Waals surface area contributed by atoms with Gasteiger partial charge in [-0.3, -0.25) is 14.5 Å². The lowest BCUT2D eigenvalue weighted by atomic mass is 9.80. The minimum atomic E-state index is -0.836. The number of aliphatic hydroxyl groups is 1. The van der Waals surface area contributed by atoms with Crippen molar-refractivity contribution in [2.75, 3.05) is 6.54 Å². The molecule has 1 aromatic carbocycles. The van der Waals surface area contributed by atoms with Gasteiger partial charge in [0.2, 0.25) is 11.8 Å². The summed E-state index contributed by atoms with van der Waals surface area (Å²) in [5.74, 6) is -0.715. The van der Waals surface area contributed by atoms with Gasteiger partial charge < -0.3 is 5.11 Å². The number of carbonyl (C=O) groups excluding carboxylic acids is 2. The Morgan fingerprint density at radius 1 is 1.21 bits per heavy atom. The first-order valence-electron chi connectivity index (χ1n) is 6.71. The van der Waals surface area contributed by atoms with Crippen molar-refractivity contribution in [3.8, 4) is 0 Å². The number of benzene rings is 1. The van der Waals surface area contributed by atoms with Crippen LogP contribution in [0.5, 0.6) is 0 Å². The molecule has 2 fully saturated rings. The van der Waals surface area contributed by atoms with Crippen LogP contribution in [0.15, 0.2) is 30.3 Å². The highest BCUT2D eigenvalue weighted by molar-refractivity contribution is 6.06. The van der Waals surface area contributed by atoms with Crippen LogP contribution in [0.4, 0.5) is 0 Å². The summed E-state index contributed by atoms with van der Waals surface area (Å²) in [5.41, 5.74) is 0.0422. The summed E-state index contributed by atoms with van der Waals surface area (Å²) >= 11 is 0. The maximum Gasteiger partial charge on any atom is 0.237 e. The summed E-state index contributed by atoms with van der Waals surface area (Å²) < 4.78 is 0. The lowest BCUT2D eigenvalue weighted by molar-refractivity contribution is -0.146. The normalized spacial score (nSPS) is 25.5. The molecule has 1 saturated carbocycles. The molecular formula is C15H17NO3. The third-order valence-corrected chi connectivity index (χ3v) is 4.18. The van der Waals surface area contributed by atoms with Gasteiger partial charge in [0, 0.05) is 6.42 Å². The molecule has 1 heterocycles. The molecule has 1 atom stereocenters. The van der Waals surface area contributed by atoms with Gasteiger partial charge in [-0.1, -0.05) is 30.3 Å². The molecule has 100 valence electrons. The van der Waals surface area contributed by atoms with Crippen molar-refractivity contribution in [2.24, 2.45) is 0 Å². The largest absolute Gasteiger partial charge is 0.388 e. The van der Waals surface area contributed by atoms with Gasteiger partial charge in [-0.2, -0.15) is 0 Å². The number of hydrogen-bond donors (Lipinski definition) is 1. The summed E-state index contributed by atoms with van der Waals surface area (Å²) in [4.78, 5) is 25.6. The lowest BCUT2D eigenvalue weighted by Crippen LogP contribution is -2.49. The van der Waals surface area contributed by atoms with Crippen LogP contribution >= 0.6 is 0 Å². The molecule has 1 N–H and O–H groups in total. The van der Waals surface area contributed by atoms with Gasteiger partial charge in [0.25, 0.3) is 0 Å². The zero-order valence-electron chi connectivity index (χ0n) is 10.7. The van der Waals surface area contributed by atoms with Crippen molar-refractivity contribution < 1.29 is 14.7 Å². The highest BCUT2D eigenvalue weighted by atomic mass is 16.3. The lowest BCUT2D eigenvalue weighted by Gasteiger charge is -2.38. The van der Waals surface area contributed by atoms with Gasteiger partial charge >= 0.3 is 0 Å². The monoisotopic (exact) mass is 259 g/mol. The highest BCUT2D eigenvalue weighted by Gasteiger charge is 2.45. The molecule has 4 nitrogen and oxygen atoms in total. The Bertz CT molecular complexity index is 507. The standard InChI is InChI=1S/C15H17NO3/c17-13-9-12(11-5-2-1-3-6-11)14(18)16(13)10-15(19)7-4-8-15/h1-3,5-6,12,19H,4,7-10H2. The molecule has 0 aromatic heterocycles. The van der Waals surface area contributed by atoms with Gasteiger partial charge in [0.1, 0.15) is 0 Å². The number of amides is 2. The van der Waals surface area contributed by atoms with Gasteiger partial charge in [0.15, 0.2) is 0 Å². The number of nitrogens with zero attached hydrogens (tertiary/aromatic N) is 1. The van der Waals surface area contributed by atoms with Crippen molar-refractivity contribution >= 4 is 11.8 Å². The van der Waals surface area contributed by atoms with Crippen LogP contribution in [0.25, 0.3) is 0 Å². The molecule has 19 heavy (non-hydrogen) atoms. The van der Waals surface area contributed by atoms with Crippen molar-refractivity contribution in [2.45, 2.75) is 37.2 Å². The summed E-state index contributed by atoms with van der Waals surface area (Å²) in [7, 11) is 0. The molecule has 1 aliphatic heterocycles. The molecule has 0 radical (unpaired) electrons. The second-order valence-corrected chi connectivity index (χ2v) is 5.56. The third kappa shape index (κ3) is 2.16. The Kier molecular flexibility index (Phi) is 2.90. The molecular weight excluding hydrogens is 242 g/mol. The molecule has 2 aliphatic rings. The second-order valence-electron chi connectivity index (χ2n) is 5.56. The van der Waals surface area contributed by atoms with Crippen LogP contribution < -0.4 is 0 Å². The molecule has 1 aromatic rings. The SMILES string of the molecule is O=C1CC(c2ccccc2)C(=O)N1CC1(O)CCC1. The Labute approximate surface area is 112 Å².